The van der Waals surface area contributed by atoms with E-state index < -0.39 is 6.10 Å². The Morgan fingerprint density at radius 2 is 2.25 bits per heavy atom. The van der Waals surface area contributed by atoms with Gasteiger partial charge in [-0.1, -0.05) is 0 Å². The molecule has 5 heteroatoms. The molecule has 0 aliphatic heterocycles. The second-order valence-electron chi connectivity index (χ2n) is 3.69. The van der Waals surface area contributed by atoms with Crippen molar-refractivity contribution < 1.29 is 9.84 Å². The summed E-state index contributed by atoms with van der Waals surface area (Å²) in [6.07, 6.45) is -0.506. The summed E-state index contributed by atoms with van der Waals surface area (Å²) in [6.45, 7) is 0.827. The number of hydrogen-bond donors (Lipinski definition) is 2. The normalized spacial score (nSPS) is 12.5. The first kappa shape index (κ1) is 13.5. The number of nitrogen functional groups attached to an aromatic ring is 1. The predicted molar refractivity (Wildman–Crippen MR) is 74.7 cm³/mol. The summed E-state index contributed by atoms with van der Waals surface area (Å²) in [4.78, 5) is 1.93. The second-order valence-corrected chi connectivity index (χ2v) is 4.94. The Bertz CT molecular complexity index is 347. The number of rotatable bonds is 5. The summed E-state index contributed by atoms with van der Waals surface area (Å²) in [5.41, 5.74) is 7.56. The van der Waals surface area contributed by atoms with E-state index in [-0.39, 0.29) is 0 Å². The van der Waals surface area contributed by atoms with Crippen molar-refractivity contribution in [2.75, 3.05) is 37.9 Å². The van der Waals surface area contributed by atoms with E-state index in [2.05, 4.69) is 22.6 Å². The highest BCUT2D eigenvalue weighted by molar-refractivity contribution is 14.1. The van der Waals surface area contributed by atoms with Crippen molar-refractivity contribution in [3.8, 4) is 0 Å². The first-order valence-electron chi connectivity index (χ1n) is 4.97. The molecule has 0 saturated heterocycles. The molecule has 0 amide bonds. The zero-order valence-electron chi connectivity index (χ0n) is 9.48. The molecule has 0 spiro atoms. The van der Waals surface area contributed by atoms with Crippen LogP contribution < -0.4 is 10.6 Å². The van der Waals surface area contributed by atoms with Gasteiger partial charge in [0.05, 0.1) is 24.1 Å². The van der Waals surface area contributed by atoms with E-state index in [0.717, 1.165) is 14.9 Å². The van der Waals surface area contributed by atoms with Gasteiger partial charge in [-0.05, 0) is 40.8 Å². The van der Waals surface area contributed by atoms with Gasteiger partial charge in [0.25, 0.3) is 0 Å². The number of benzene rings is 1. The van der Waals surface area contributed by atoms with Gasteiger partial charge in [0, 0.05) is 24.3 Å². The molecule has 0 radical (unpaired) electrons. The molecular weight excluding hydrogens is 319 g/mol. The fraction of sp³-hybridized carbons (Fsp3) is 0.455. The van der Waals surface area contributed by atoms with Gasteiger partial charge in [-0.2, -0.15) is 0 Å². The number of nitrogens with two attached hydrogens (primary N) is 1. The topological polar surface area (TPSA) is 58.7 Å². The van der Waals surface area contributed by atoms with Crippen LogP contribution in [-0.2, 0) is 4.74 Å². The van der Waals surface area contributed by atoms with Gasteiger partial charge in [-0.15, -0.1) is 0 Å². The van der Waals surface area contributed by atoms with E-state index in [4.69, 9.17) is 10.5 Å². The van der Waals surface area contributed by atoms with Crippen LogP contribution in [0.3, 0.4) is 0 Å². The summed E-state index contributed by atoms with van der Waals surface area (Å²) in [5, 5.41) is 9.62. The van der Waals surface area contributed by atoms with Crippen LogP contribution in [0.25, 0.3) is 0 Å². The van der Waals surface area contributed by atoms with E-state index >= 15 is 0 Å². The highest BCUT2D eigenvalue weighted by Gasteiger charge is 2.10. The van der Waals surface area contributed by atoms with Crippen LogP contribution in [0.2, 0.25) is 0 Å². The SMILES string of the molecule is COCC(O)CN(C)c1ccc(I)cc1N. The molecule has 0 bridgehead atoms. The van der Waals surface area contributed by atoms with Crippen LogP contribution in [0.5, 0.6) is 0 Å². The monoisotopic (exact) mass is 336 g/mol. The lowest BCUT2D eigenvalue weighted by Gasteiger charge is -2.23. The van der Waals surface area contributed by atoms with Crippen molar-refractivity contribution in [1.82, 2.24) is 0 Å². The first-order valence-corrected chi connectivity index (χ1v) is 6.05. The number of halogens is 1. The molecule has 1 aromatic rings. The van der Waals surface area contributed by atoms with E-state index in [1.807, 2.05) is 30.1 Å². The van der Waals surface area contributed by atoms with Crippen LogP contribution in [-0.4, -0.2) is 38.5 Å². The van der Waals surface area contributed by atoms with Crippen molar-refractivity contribution in [3.05, 3.63) is 21.8 Å². The Kier molecular flexibility index (Phi) is 5.30. The van der Waals surface area contributed by atoms with Crippen LogP contribution in [0.1, 0.15) is 0 Å². The average Bonchev–Trinajstić information content (AvgIpc) is 2.17. The number of aliphatic hydroxyl groups excluding tert-OH is 1. The first-order chi connectivity index (χ1) is 7.54. The van der Waals surface area contributed by atoms with Gasteiger partial charge in [-0.25, -0.2) is 0 Å². The number of ether oxygens (including phenoxy) is 1. The Balaban J connectivity index is 2.69. The van der Waals surface area contributed by atoms with Crippen LogP contribution in [0.4, 0.5) is 11.4 Å². The molecule has 4 nitrogen and oxygen atoms in total. The zero-order valence-corrected chi connectivity index (χ0v) is 11.6. The highest BCUT2D eigenvalue weighted by atomic mass is 127. The standard InChI is InChI=1S/C11H17IN2O2/c1-14(6-9(15)7-16-2)11-4-3-8(12)5-10(11)13/h3-5,9,15H,6-7,13H2,1-2H3. The summed E-state index contributed by atoms with van der Waals surface area (Å²) >= 11 is 2.22. The fourth-order valence-corrected chi connectivity index (χ4v) is 2.05. The minimum atomic E-state index is -0.506. The van der Waals surface area contributed by atoms with Crippen molar-refractivity contribution in [2.24, 2.45) is 0 Å². The third-order valence-corrected chi connectivity index (χ3v) is 2.92. The number of hydrogen-bond acceptors (Lipinski definition) is 4. The van der Waals surface area contributed by atoms with Crippen molar-refractivity contribution in [1.29, 1.82) is 0 Å². The summed E-state index contributed by atoms with van der Waals surface area (Å²) in [6, 6.07) is 5.86. The summed E-state index contributed by atoms with van der Waals surface area (Å²) in [5.74, 6) is 0. The quantitative estimate of drug-likeness (QED) is 0.629. The zero-order chi connectivity index (χ0) is 12.1. The highest BCUT2D eigenvalue weighted by Crippen LogP contribution is 2.24. The molecule has 0 aliphatic rings. The third-order valence-electron chi connectivity index (χ3n) is 2.24. The molecule has 1 aromatic carbocycles. The van der Waals surface area contributed by atoms with Gasteiger partial charge < -0.3 is 20.5 Å². The minimum Gasteiger partial charge on any atom is -0.397 e. The van der Waals surface area contributed by atoms with E-state index in [1.165, 1.54) is 0 Å². The van der Waals surface area contributed by atoms with Crippen LogP contribution >= 0.6 is 22.6 Å². The van der Waals surface area contributed by atoms with Crippen molar-refractivity contribution in [3.63, 3.8) is 0 Å². The average molecular weight is 336 g/mol. The van der Waals surface area contributed by atoms with Crippen LogP contribution in [0, 0.1) is 3.57 Å². The van der Waals surface area contributed by atoms with Gasteiger partial charge in [0.15, 0.2) is 0 Å². The molecule has 1 rings (SSSR count). The van der Waals surface area contributed by atoms with Gasteiger partial charge in [-0.3, -0.25) is 0 Å². The number of anilines is 2. The molecule has 0 saturated carbocycles. The van der Waals surface area contributed by atoms with E-state index in [9.17, 15) is 5.11 Å². The van der Waals surface area contributed by atoms with Crippen molar-refractivity contribution >= 4 is 34.0 Å². The minimum absolute atomic E-state index is 0.328. The molecular formula is C11H17IN2O2. The summed E-state index contributed by atoms with van der Waals surface area (Å²) < 4.78 is 5.98. The number of methoxy groups -OCH3 is 1. The lowest BCUT2D eigenvalue weighted by Crippen LogP contribution is -2.32. The van der Waals surface area contributed by atoms with E-state index in [1.54, 1.807) is 7.11 Å². The molecule has 3 N–H and O–H groups in total. The van der Waals surface area contributed by atoms with Gasteiger partial charge in [0.1, 0.15) is 0 Å². The van der Waals surface area contributed by atoms with E-state index in [0.29, 0.717) is 13.2 Å². The Labute approximate surface area is 110 Å². The molecule has 0 heterocycles. The number of likely N-dealkylation sites (N-methyl/N-ethyl adjacent to an activating group) is 1. The Morgan fingerprint density at radius 1 is 1.56 bits per heavy atom. The Hall–Kier alpha value is -0.530. The lowest BCUT2D eigenvalue weighted by molar-refractivity contribution is 0.0695. The maximum Gasteiger partial charge on any atom is 0.0947 e. The number of nitrogens with zero attached hydrogens (tertiary/aromatic N) is 1. The molecule has 90 valence electrons. The van der Waals surface area contributed by atoms with Gasteiger partial charge in [0.2, 0.25) is 0 Å². The fourth-order valence-electron chi connectivity index (χ4n) is 1.53. The number of aliphatic hydroxyl groups is 1. The molecule has 1 unspecified atom stereocenters. The second kappa shape index (κ2) is 6.27. The van der Waals surface area contributed by atoms with Crippen LogP contribution in [0.15, 0.2) is 18.2 Å². The molecule has 0 aliphatic carbocycles. The largest absolute Gasteiger partial charge is 0.397 e. The smallest absolute Gasteiger partial charge is 0.0947 e. The molecule has 0 aromatic heterocycles. The molecule has 16 heavy (non-hydrogen) atoms. The lowest BCUT2D eigenvalue weighted by atomic mass is 10.2. The predicted octanol–water partition coefficient (Wildman–Crippen LogP) is 1.32. The third kappa shape index (κ3) is 3.80. The van der Waals surface area contributed by atoms with Crippen molar-refractivity contribution in [2.45, 2.75) is 6.10 Å². The van der Waals surface area contributed by atoms with Gasteiger partial charge >= 0.3 is 0 Å². The molecule has 1 atom stereocenters. The maximum atomic E-state index is 9.62. The molecule has 0 fully saturated rings. The summed E-state index contributed by atoms with van der Waals surface area (Å²) in [7, 11) is 3.47. The maximum absolute atomic E-state index is 9.62. The Morgan fingerprint density at radius 3 is 2.81 bits per heavy atom.